The van der Waals surface area contributed by atoms with Gasteiger partial charge in [0.05, 0.1) is 0 Å². The number of aliphatic hydroxyl groups is 1. The molecule has 0 heterocycles. The second-order valence-corrected chi connectivity index (χ2v) is 38.0. The van der Waals surface area contributed by atoms with Crippen molar-refractivity contribution < 1.29 is 13.0 Å². The zero-order valence-corrected chi connectivity index (χ0v) is 35.4. The van der Waals surface area contributed by atoms with Crippen molar-refractivity contribution in [1.82, 2.24) is 0 Å². The van der Waals surface area contributed by atoms with Crippen molar-refractivity contribution in [1.29, 1.82) is 0 Å². The molecule has 0 spiro atoms. The average Bonchev–Trinajstić information content (AvgIpc) is 3.10. The number of carbonyl (C=O) groups is 1. The molecular weight excluding hydrogens is 774 g/mol. The van der Waals surface area contributed by atoms with Crippen LogP contribution in [0, 0.1) is 9.93 Å². The summed E-state index contributed by atoms with van der Waals surface area (Å²) < 4.78 is 13.9. The number of benzene rings is 2. The van der Waals surface area contributed by atoms with E-state index in [1.54, 1.807) is 0 Å². The van der Waals surface area contributed by atoms with E-state index in [0.717, 1.165) is 0 Å². The molecule has 0 aliphatic rings. The molecule has 0 aliphatic carbocycles. The number of hydrogen-bond donors (Lipinski definition) is 1. The maximum Gasteiger partial charge on any atom is 0 e. The minimum Gasteiger partial charge on any atom is 0 e. The van der Waals surface area contributed by atoms with E-state index >= 15 is 0 Å². The third-order valence-electron chi connectivity index (χ3n) is 9.06. The van der Waals surface area contributed by atoms with Gasteiger partial charge in [-0.25, -0.2) is 0 Å². The minimum absolute atomic E-state index is 0.0697. The van der Waals surface area contributed by atoms with Gasteiger partial charge in [-0.05, 0) is 0 Å². The summed E-state index contributed by atoms with van der Waals surface area (Å²) in [5, 5.41) is 11.2. The largest absolute Gasteiger partial charge is 0 e. The van der Waals surface area contributed by atoms with E-state index in [0.29, 0.717) is 5.56 Å². The predicted octanol–water partition coefficient (Wildman–Crippen LogP) is 12.4. The number of aliphatic hydroxyl groups excluding tert-OH is 1. The molecule has 0 aliphatic heterocycles. The molecule has 5 nitrogen and oxygen atoms in total. The molecule has 0 fully saturated rings. The van der Waals surface area contributed by atoms with Gasteiger partial charge in [0.25, 0.3) is 0 Å². The normalized spacial score (nSPS) is 11.9. The van der Waals surface area contributed by atoms with Crippen LogP contribution in [0.25, 0.3) is 0 Å². The summed E-state index contributed by atoms with van der Waals surface area (Å²) in [5.41, 5.74) is 1.91. The van der Waals surface area contributed by atoms with Crippen molar-refractivity contribution in [2.24, 2.45) is 0 Å². The molecule has 1 unspecified atom stereocenters. The van der Waals surface area contributed by atoms with Crippen LogP contribution in [0.15, 0.2) is 60.7 Å². The number of unbranched alkanes of at least 4 members (excludes halogenated alkanes) is 6. The van der Waals surface area contributed by atoms with Crippen LogP contribution in [-0.4, -0.2) is 48.2 Å². The van der Waals surface area contributed by atoms with Crippen LogP contribution in [-0.2, 0) is 3.07 Å². The molecular formula is C38H66O5Sn2. The van der Waals surface area contributed by atoms with Crippen LogP contribution in [0.5, 0.6) is 0 Å². The Kier molecular flexibility index (Phi) is 27.5. The van der Waals surface area contributed by atoms with Crippen LogP contribution in [0.1, 0.15) is 139 Å². The zero-order chi connectivity index (χ0) is 33.8. The SMILES string of the molecule is CCC[CH2][Sn]([CH2]CCC)([CH2]CCC)[CH](O)c1ccccc1.CCC[CH2][Sn]([CH2]CCC)([CH2]CCC)[O]C(=O)c1ccccc1.O=O. The standard InChI is InChI=1S/C7H6O2.C7H7O.6C4H9.O2.2Sn/c8-7(9)6-4-2-1-3-5-6;8-6-7-4-2-1-3-5-7;6*1-3-4-2;1-2;;/h1-5H,(H,8,9);1-6,8H;6*1,3-4H2,2H3;;;/q;;;;;;;;;;+1/p-1. The fraction of sp³-hybridized carbons (Fsp3) is 0.658. The number of rotatable bonds is 22. The Hall–Kier alpha value is -0.933. The van der Waals surface area contributed by atoms with Crippen molar-refractivity contribution in [3.63, 3.8) is 0 Å². The van der Waals surface area contributed by atoms with Gasteiger partial charge in [-0.3, -0.25) is 0 Å². The van der Waals surface area contributed by atoms with E-state index in [-0.39, 0.29) is 10.1 Å². The Labute approximate surface area is 285 Å². The molecule has 45 heavy (non-hydrogen) atoms. The van der Waals surface area contributed by atoms with Crippen LogP contribution in [0.4, 0.5) is 0 Å². The topological polar surface area (TPSA) is 80.7 Å². The fourth-order valence-electron chi connectivity index (χ4n) is 6.22. The van der Waals surface area contributed by atoms with Gasteiger partial charge < -0.3 is 0 Å². The first-order chi connectivity index (χ1) is 21.9. The van der Waals surface area contributed by atoms with E-state index in [1.807, 2.05) is 30.3 Å². The van der Waals surface area contributed by atoms with Crippen LogP contribution in [0.2, 0.25) is 26.6 Å². The Morgan fingerprint density at radius 2 is 0.911 bits per heavy atom. The van der Waals surface area contributed by atoms with E-state index in [4.69, 9.17) is 13.0 Å². The van der Waals surface area contributed by atoms with Crippen molar-refractivity contribution in [3.8, 4) is 0 Å². The summed E-state index contributed by atoms with van der Waals surface area (Å²) >= 11 is -5.34. The van der Waals surface area contributed by atoms with Crippen LogP contribution in [0.3, 0.4) is 0 Å². The maximum atomic E-state index is 12.6. The molecule has 0 saturated carbocycles. The molecule has 0 radical (unpaired) electrons. The Bertz CT molecular complexity index is 914. The molecule has 1 N–H and O–H groups in total. The van der Waals surface area contributed by atoms with E-state index < -0.39 is 37.2 Å². The Morgan fingerprint density at radius 1 is 0.578 bits per heavy atom. The van der Waals surface area contributed by atoms with E-state index in [2.05, 4.69) is 71.9 Å². The molecule has 7 heteroatoms. The molecule has 2 rings (SSSR count). The third kappa shape index (κ3) is 17.7. The average molecular weight is 840 g/mol. The minimum atomic E-state index is -2.82. The first-order valence-corrected chi connectivity index (χ1v) is 33.0. The summed E-state index contributed by atoms with van der Waals surface area (Å²) in [6.07, 6.45) is 15.0. The number of hydrogen-bond acceptors (Lipinski definition) is 5. The predicted molar refractivity (Wildman–Crippen MR) is 200 cm³/mol. The van der Waals surface area contributed by atoms with Crippen LogP contribution < -0.4 is 0 Å². The molecule has 0 bridgehead atoms. The van der Waals surface area contributed by atoms with Gasteiger partial charge in [0, 0.05) is 9.93 Å². The van der Waals surface area contributed by atoms with Gasteiger partial charge in [0.1, 0.15) is 0 Å². The summed E-state index contributed by atoms with van der Waals surface area (Å²) in [5.74, 6) is -0.0697. The Balaban J connectivity index is 0.000000816. The monoisotopic (exact) mass is 842 g/mol. The molecule has 256 valence electrons. The van der Waals surface area contributed by atoms with Crippen molar-refractivity contribution in [3.05, 3.63) is 81.7 Å². The van der Waals surface area contributed by atoms with E-state index in [9.17, 15) is 9.90 Å². The van der Waals surface area contributed by atoms with Gasteiger partial charge in [0.15, 0.2) is 0 Å². The Morgan fingerprint density at radius 3 is 1.27 bits per heavy atom. The molecule has 0 amide bonds. The zero-order valence-electron chi connectivity index (χ0n) is 29.7. The third-order valence-corrected chi connectivity index (χ3v) is 37.5. The number of carbonyl (C=O) groups excluding carboxylic acids is 1. The second kappa shape index (κ2) is 28.1. The molecule has 1 atom stereocenters. The summed E-state index contributed by atoms with van der Waals surface area (Å²) in [4.78, 5) is 26.6. The fourth-order valence-corrected chi connectivity index (χ4v) is 35.3. The van der Waals surface area contributed by atoms with Gasteiger partial charge in [0.2, 0.25) is 0 Å². The van der Waals surface area contributed by atoms with Crippen LogP contribution >= 0.6 is 0 Å². The van der Waals surface area contributed by atoms with Gasteiger partial charge in [-0.2, -0.15) is 0 Å². The summed E-state index contributed by atoms with van der Waals surface area (Å²) in [6, 6.07) is 20.0. The van der Waals surface area contributed by atoms with Crippen molar-refractivity contribution >= 4 is 43.1 Å². The van der Waals surface area contributed by atoms with Gasteiger partial charge >= 0.3 is 277 Å². The smallest absolute Gasteiger partial charge is 0 e. The van der Waals surface area contributed by atoms with Gasteiger partial charge in [-0.15, -0.1) is 0 Å². The van der Waals surface area contributed by atoms with Gasteiger partial charge in [-0.1, -0.05) is 0 Å². The maximum absolute atomic E-state index is 12.6. The van der Waals surface area contributed by atoms with E-state index in [1.165, 1.54) is 109 Å². The first kappa shape index (κ1) is 44.1. The quantitative estimate of drug-likeness (QED) is 0.119. The molecule has 2 aromatic carbocycles. The second-order valence-electron chi connectivity index (χ2n) is 12.7. The van der Waals surface area contributed by atoms with Crippen molar-refractivity contribution in [2.75, 3.05) is 0 Å². The van der Waals surface area contributed by atoms with Crippen molar-refractivity contribution in [2.45, 2.75) is 149 Å². The molecule has 0 aromatic heterocycles. The molecule has 2 aromatic rings. The summed E-state index contributed by atoms with van der Waals surface area (Å²) in [7, 11) is 0. The first-order valence-electron chi connectivity index (χ1n) is 18.0. The summed E-state index contributed by atoms with van der Waals surface area (Å²) in [6.45, 7) is 13.5. The molecule has 0 saturated heterocycles.